The van der Waals surface area contributed by atoms with Gasteiger partial charge < -0.3 is 31.5 Å². The van der Waals surface area contributed by atoms with Crippen molar-refractivity contribution >= 4 is 11.9 Å². The molecule has 4 rings (SSSR count). The Bertz CT molecular complexity index is 1020. The average molecular weight is 519 g/mol. The van der Waals surface area contributed by atoms with Gasteiger partial charge in [-0.2, -0.15) is 0 Å². The Labute approximate surface area is 220 Å². The van der Waals surface area contributed by atoms with E-state index in [1.54, 1.807) is 0 Å². The first kappa shape index (κ1) is 28.3. The summed E-state index contributed by atoms with van der Waals surface area (Å²) < 4.78 is 5.82. The van der Waals surface area contributed by atoms with Gasteiger partial charge in [-0.25, -0.2) is 4.79 Å². The summed E-state index contributed by atoms with van der Waals surface area (Å²) in [5.74, 6) is -2.09. The highest BCUT2D eigenvalue weighted by atomic mass is 16.5. The lowest BCUT2D eigenvalue weighted by atomic mass is 9.36. The van der Waals surface area contributed by atoms with Gasteiger partial charge in [-0.1, -0.05) is 32.4 Å². The first-order valence-electron chi connectivity index (χ1n) is 13.7. The van der Waals surface area contributed by atoms with Crippen LogP contribution in [0.25, 0.3) is 0 Å². The first-order valence-corrected chi connectivity index (χ1v) is 13.7. The van der Waals surface area contributed by atoms with E-state index >= 15 is 0 Å². The molecule has 0 bridgehead atoms. The van der Waals surface area contributed by atoms with Gasteiger partial charge in [-0.3, -0.25) is 4.79 Å². The third kappa shape index (κ3) is 4.10. The molecule has 0 saturated heterocycles. The second-order valence-electron chi connectivity index (χ2n) is 13.2. The maximum atomic E-state index is 12.6. The number of carbonyl (C=O) groups is 2. The summed E-state index contributed by atoms with van der Waals surface area (Å²) in [6, 6.07) is -1.08. The third-order valence-electron chi connectivity index (χ3n) is 11.1. The molecule has 4 fully saturated rings. The van der Waals surface area contributed by atoms with Crippen LogP contribution in [0.15, 0.2) is 22.8 Å². The first-order chi connectivity index (χ1) is 17.1. The van der Waals surface area contributed by atoms with Crippen LogP contribution < -0.4 is 11.5 Å². The van der Waals surface area contributed by atoms with E-state index in [9.17, 15) is 24.9 Å². The van der Waals surface area contributed by atoms with Crippen molar-refractivity contribution in [2.24, 2.45) is 45.5 Å². The number of carbonyl (C=O) groups excluding carboxylic acids is 1. The molecule has 7 N–H and O–H groups in total. The summed E-state index contributed by atoms with van der Waals surface area (Å²) in [7, 11) is 0. The summed E-state index contributed by atoms with van der Waals surface area (Å²) in [5.41, 5.74) is 14.0. The molecule has 4 saturated carbocycles. The van der Waals surface area contributed by atoms with Gasteiger partial charge >= 0.3 is 11.9 Å². The highest BCUT2D eigenvalue weighted by Gasteiger charge is 2.72. The minimum Gasteiger partial charge on any atom is -0.478 e. The number of rotatable bonds is 4. The summed E-state index contributed by atoms with van der Waals surface area (Å²) >= 11 is 0. The summed E-state index contributed by atoms with van der Waals surface area (Å²) in [6.45, 7) is 11.7. The number of carboxylic acid groups (broad SMARTS) is 1. The Kier molecular flexibility index (Phi) is 7.24. The molecule has 208 valence electrons. The van der Waals surface area contributed by atoms with E-state index in [0.717, 1.165) is 24.8 Å². The van der Waals surface area contributed by atoms with E-state index in [0.29, 0.717) is 18.4 Å². The van der Waals surface area contributed by atoms with Crippen LogP contribution in [-0.2, 0) is 14.3 Å². The molecule has 4 aliphatic rings. The number of carboxylic acids is 1. The molecule has 0 heterocycles. The maximum Gasteiger partial charge on any atom is 0.331 e. The third-order valence-corrected chi connectivity index (χ3v) is 11.1. The Morgan fingerprint density at radius 3 is 2.24 bits per heavy atom. The predicted molar refractivity (Wildman–Crippen MR) is 140 cm³/mol. The second-order valence-corrected chi connectivity index (χ2v) is 13.2. The predicted octanol–water partition coefficient (Wildman–Crippen LogP) is 2.90. The highest BCUT2D eigenvalue weighted by molar-refractivity contribution is 5.88. The summed E-state index contributed by atoms with van der Waals surface area (Å²) in [4.78, 5) is 24.8. The molecule has 0 aromatic carbocycles. The van der Waals surface area contributed by atoms with Gasteiger partial charge in [0, 0.05) is 30.5 Å². The Balaban J connectivity index is 1.90. The zero-order valence-corrected chi connectivity index (χ0v) is 23.2. The van der Waals surface area contributed by atoms with E-state index in [1.165, 1.54) is 6.92 Å². The lowest BCUT2D eigenvalue weighted by molar-refractivity contribution is -0.233. The minimum atomic E-state index is -1.05. The molecule has 4 aliphatic carbocycles. The molecule has 0 spiro atoms. The van der Waals surface area contributed by atoms with Crippen molar-refractivity contribution in [3.63, 3.8) is 0 Å². The van der Waals surface area contributed by atoms with E-state index in [-0.39, 0.29) is 35.3 Å². The largest absolute Gasteiger partial charge is 0.478 e. The van der Waals surface area contributed by atoms with Crippen LogP contribution in [0, 0.1) is 34.0 Å². The number of allylic oxidation sites excluding steroid dienone is 2. The van der Waals surface area contributed by atoms with Gasteiger partial charge in [-0.05, 0) is 86.0 Å². The zero-order chi connectivity index (χ0) is 27.7. The van der Waals surface area contributed by atoms with Crippen molar-refractivity contribution in [2.45, 2.75) is 110 Å². The molecule has 0 aromatic heterocycles. The molecular formula is C29H46N2O6. The van der Waals surface area contributed by atoms with Crippen molar-refractivity contribution in [3.05, 3.63) is 22.8 Å². The molecule has 0 aliphatic heterocycles. The molecular weight excluding hydrogens is 472 g/mol. The number of esters is 1. The highest BCUT2D eigenvalue weighted by Crippen LogP contribution is 2.73. The molecule has 8 heteroatoms. The fourth-order valence-electron chi connectivity index (χ4n) is 9.33. The lowest BCUT2D eigenvalue weighted by Gasteiger charge is -2.69. The summed E-state index contributed by atoms with van der Waals surface area (Å²) in [6.07, 6.45) is 3.29. The van der Waals surface area contributed by atoms with Crippen LogP contribution >= 0.6 is 0 Å². The molecule has 0 aromatic rings. The van der Waals surface area contributed by atoms with Crippen LogP contribution in [0.2, 0.25) is 0 Å². The number of ether oxygens (including phenoxy) is 1. The van der Waals surface area contributed by atoms with Gasteiger partial charge in [0.25, 0.3) is 0 Å². The number of aliphatic hydroxyl groups is 2. The topological polar surface area (TPSA) is 156 Å². The minimum absolute atomic E-state index is 0.0595. The number of hydrogen-bond donors (Lipinski definition) is 5. The Morgan fingerprint density at radius 2 is 1.68 bits per heavy atom. The number of nitrogens with two attached hydrogens (primary N) is 2. The van der Waals surface area contributed by atoms with Crippen LogP contribution in [-0.4, -0.2) is 57.7 Å². The summed E-state index contributed by atoms with van der Waals surface area (Å²) in [5, 5.41) is 32.8. The maximum absolute atomic E-state index is 12.6. The lowest BCUT2D eigenvalue weighted by Crippen LogP contribution is -2.72. The average Bonchev–Trinajstić information content (AvgIpc) is 3.07. The van der Waals surface area contributed by atoms with Crippen molar-refractivity contribution < 1.29 is 29.6 Å². The van der Waals surface area contributed by atoms with Crippen LogP contribution in [0.5, 0.6) is 0 Å². The zero-order valence-electron chi connectivity index (χ0n) is 23.2. The van der Waals surface area contributed by atoms with Crippen LogP contribution in [0.3, 0.4) is 0 Å². The van der Waals surface area contributed by atoms with Crippen molar-refractivity contribution in [3.8, 4) is 0 Å². The van der Waals surface area contributed by atoms with Gasteiger partial charge in [0.1, 0.15) is 6.10 Å². The van der Waals surface area contributed by atoms with Crippen molar-refractivity contribution in [1.29, 1.82) is 0 Å². The molecule has 0 radical (unpaired) electrons. The standard InChI is InChI=1S/C29H46N2O6/c1-14(2)7-8-16(26(35)36)20-19(37-15(3)32)13-29(6)21(20)23(31)24(34)25-27(4)11-10-18(33)22(30)17(27)9-12-28(25,29)5/h7,17-19,21-25,33-34H,8-13,30-31H2,1-6H3,(H,35,36)/b20-16+/t17-,18+,19-,21+,22-,23+,24+,25-,27-,28-,29-/m0/s1. The normalized spacial score (nSPS) is 48.3. The monoisotopic (exact) mass is 518 g/mol. The van der Waals surface area contributed by atoms with Gasteiger partial charge in [-0.15, -0.1) is 0 Å². The van der Waals surface area contributed by atoms with E-state index in [4.69, 9.17) is 16.2 Å². The van der Waals surface area contributed by atoms with E-state index in [1.807, 2.05) is 19.9 Å². The SMILES string of the molecule is CC(=O)O[C@H]1C[C@@]2(C)[C@H](/C1=C(\CC=C(C)C)C(=O)O)[C@@H](N)[C@@H](O)[C@H]1[C@@]3(C)CC[C@@H](O)[C@@H](N)[C@@H]3CC[C@@]12C. The fraction of sp³-hybridized carbons (Fsp3) is 0.793. The smallest absolute Gasteiger partial charge is 0.331 e. The fourth-order valence-corrected chi connectivity index (χ4v) is 9.33. The molecule has 37 heavy (non-hydrogen) atoms. The number of aliphatic hydroxyl groups excluding tert-OH is 2. The van der Waals surface area contributed by atoms with Crippen molar-refractivity contribution in [1.82, 2.24) is 0 Å². The Hall–Kier alpha value is -1.74. The molecule has 0 unspecified atom stereocenters. The molecule has 11 atom stereocenters. The van der Waals surface area contributed by atoms with Crippen molar-refractivity contribution in [2.75, 3.05) is 0 Å². The van der Waals surface area contributed by atoms with E-state index < -0.39 is 53.0 Å². The number of aliphatic carboxylic acids is 1. The second kappa shape index (κ2) is 9.47. The van der Waals surface area contributed by atoms with E-state index in [2.05, 4.69) is 20.8 Å². The van der Waals surface area contributed by atoms with Gasteiger partial charge in [0.2, 0.25) is 0 Å². The quantitative estimate of drug-likeness (QED) is 0.216. The van der Waals surface area contributed by atoms with Gasteiger partial charge in [0.15, 0.2) is 0 Å². The molecule has 0 amide bonds. The van der Waals surface area contributed by atoms with Crippen LogP contribution in [0.4, 0.5) is 0 Å². The van der Waals surface area contributed by atoms with Gasteiger partial charge in [0.05, 0.1) is 12.2 Å². The number of fused-ring (bicyclic) bond motifs is 5. The molecule has 8 nitrogen and oxygen atoms in total. The Morgan fingerprint density at radius 1 is 1.03 bits per heavy atom. The number of hydrogen-bond acceptors (Lipinski definition) is 7. The van der Waals surface area contributed by atoms with Crippen LogP contribution in [0.1, 0.15) is 80.1 Å².